The predicted octanol–water partition coefficient (Wildman–Crippen LogP) is 3.72. The summed E-state index contributed by atoms with van der Waals surface area (Å²) in [6.45, 7) is 9.98. The number of esters is 1. The normalized spacial score (nSPS) is 14.0. The SMILES string of the molecule is CCCCOCC(C)(OCCCC)C(=O)OCCCC. The molecule has 0 radical (unpaired) electrons. The molecule has 1 atom stereocenters. The summed E-state index contributed by atoms with van der Waals surface area (Å²) >= 11 is 0. The molecule has 0 aliphatic rings. The molecule has 0 fully saturated rings. The fourth-order valence-electron chi connectivity index (χ4n) is 1.58. The number of rotatable bonds is 13. The van der Waals surface area contributed by atoms with E-state index in [1.807, 2.05) is 0 Å². The van der Waals surface area contributed by atoms with Crippen molar-refractivity contribution in [2.45, 2.75) is 71.8 Å². The molecule has 20 heavy (non-hydrogen) atoms. The van der Waals surface area contributed by atoms with Crippen molar-refractivity contribution in [1.29, 1.82) is 0 Å². The molecule has 4 nitrogen and oxygen atoms in total. The fourth-order valence-corrected chi connectivity index (χ4v) is 1.58. The Morgan fingerprint density at radius 1 is 0.900 bits per heavy atom. The Balaban J connectivity index is 4.30. The van der Waals surface area contributed by atoms with Crippen LogP contribution in [0.15, 0.2) is 0 Å². The Hall–Kier alpha value is -0.610. The zero-order valence-electron chi connectivity index (χ0n) is 13.7. The van der Waals surface area contributed by atoms with Crippen LogP contribution in [0, 0.1) is 0 Å². The van der Waals surface area contributed by atoms with Gasteiger partial charge in [0.25, 0.3) is 0 Å². The van der Waals surface area contributed by atoms with E-state index in [9.17, 15) is 4.79 Å². The topological polar surface area (TPSA) is 44.8 Å². The quantitative estimate of drug-likeness (QED) is 0.383. The lowest BCUT2D eigenvalue weighted by molar-refractivity contribution is -0.178. The predicted molar refractivity (Wildman–Crippen MR) is 80.9 cm³/mol. The first-order valence-corrected chi connectivity index (χ1v) is 7.99. The Morgan fingerprint density at radius 3 is 2.05 bits per heavy atom. The summed E-state index contributed by atoms with van der Waals surface area (Å²) in [5.74, 6) is -0.307. The Morgan fingerprint density at radius 2 is 1.45 bits per heavy atom. The van der Waals surface area contributed by atoms with Crippen LogP contribution in [0.5, 0.6) is 0 Å². The minimum absolute atomic E-state index is 0.266. The van der Waals surface area contributed by atoms with Gasteiger partial charge in [0.05, 0.1) is 13.2 Å². The van der Waals surface area contributed by atoms with Crippen LogP contribution in [0.4, 0.5) is 0 Å². The van der Waals surface area contributed by atoms with Gasteiger partial charge in [-0.3, -0.25) is 0 Å². The van der Waals surface area contributed by atoms with Gasteiger partial charge in [-0.25, -0.2) is 4.79 Å². The fraction of sp³-hybridized carbons (Fsp3) is 0.938. The van der Waals surface area contributed by atoms with Crippen molar-refractivity contribution in [2.24, 2.45) is 0 Å². The van der Waals surface area contributed by atoms with E-state index in [-0.39, 0.29) is 12.6 Å². The van der Waals surface area contributed by atoms with Gasteiger partial charge in [0.2, 0.25) is 0 Å². The van der Waals surface area contributed by atoms with E-state index in [0.717, 1.165) is 38.5 Å². The molecule has 120 valence electrons. The molecule has 4 heteroatoms. The minimum Gasteiger partial charge on any atom is -0.463 e. The minimum atomic E-state index is -0.976. The van der Waals surface area contributed by atoms with Crippen LogP contribution >= 0.6 is 0 Å². The number of carbonyl (C=O) groups is 1. The second kappa shape index (κ2) is 12.2. The number of hydrogen-bond donors (Lipinski definition) is 0. The average Bonchev–Trinajstić information content (AvgIpc) is 2.44. The summed E-state index contributed by atoms with van der Waals surface area (Å²) in [7, 11) is 0. The van der Waals surface area contributed by atoms with Gasteiger partial charge in [-0.1, -0.05) is 40.0 Å². The van der Waals surface area contributed by atoms with Crippen molar-refractivity contribution in [3.8, 4) is 0 Å². The largest absolute Gasteiger partial charge is 0.463 e. The van der Waals surface area contributed by atoms with Gasteiger partial charge in [-0.15, -0.1) is 0 Å². The van der Waals surface area contributed by atoms with Crippen LogP contribution in [-0.4, -0.2) is 38.0 Å². The summed E-state index contributed by atoms with van der Waals surface area (Å²) < 4.78 is 16.6. The summed E-state index contributed by atoms with van der Waals surface area (Å²) in [6.07, 6.45) is 5.94. The molecule has 0 rings (SSSR count). The third kappa shape index (κ3) is 8.54. The van der Waals surface area contributed by atoms with Crippen LogP contribution < -0.4 is 0 Å². The second-order valence-corrected chi connectivity index (χ2v) is 5.33. The lowest BCUT2D eigenvalue weighted by Gasteiger charge is -2.27. The van der Waals surface area contributed by atoms with E-state index in [2.05, 4.69) is 20.8 Å². The summed E-state index contributed by atoms with van der Waals surface area (Å²) in [4.78, 5) is 12.2. The highest BCUT2D eigenvalue weighted by Gasteiger charge is 2.36. The maximum atomic E-state index is 12.2. The van der Waals surface area contributed by atoms with Gasteiger partial charge < -0.3 is 14.2 Å². The van der Waals surface area contributed by atoms with Gasteiger partial charge >= 0.3 is 5.97 Å². The van der Waals surface area contributed by atoms with Crippen molar-refractivity contribution >= 4 is 5.97 Å². The molecule has 0 aromatic carbocycles. The zero-order valence-corrected chi connectivity index (χ0v) is 13.7. The maximum absolute atomic E-state index is 12.2. The average molecular weight is 288 g/mol. The lowest BCUT2D eigenvalue weighted by atomic mass is 10.1. The van der Waals surface area contributed by atoms with Gasteiger partial charge in [0, 0.05) is 13.2 Å². The third-order valence-corrected chi connectivity index (χ3v) is 3.10. The van der Waals surface area contributed by atoms with Crippen molar-refractivity contribution in [1.82, 2.24) is 0 Å². The monoisotopic (exact) mass is 288 g/mol. The molecule has 0 amide bonds. The molecule has 1 unspecified atom stereocenters. The second-order valence-electron chi connectivity index (χ2n) is 5.33. The standard InChI is InChI=1S/C16H32O4/c1-5-8-11-18-14-16(4,20-13-10-7-3)15(17)19-12-9-6-2/h5-14H2,1-4H3. The molecule has 0 aliphatic carbocycles. The molecule has 0 heterocycles. The van der Waals surface area contributed by atoms with Crippen LogP contribution in [-0.2, 0) is 19.0 Å². The van der Waals surface area contributed by atoms with E-state index < -0.39 is 5.60 Å². The van der Waals surface area contributed by atoms with Gasteiger partial charge in [-0.2, -0.15) is 0 Å². The van der Waals surface area contributed by atoms with E-state index >= 15 is 0 Å². The molecule has 0 aliphatic heterocycles. The van der Waals surface area contributed by atoms with Crippen molar-refractivity contribution < 1.29 is 19.0 Å². The van der Waals surface area contributed by atoms with Crippen molar-refractivity contribution in [3.05, 3.63) is 0 Å². The highest BCUT2D eigenvalue weighted by Crippen LogP contribution is 2.15. The smallest absolute Gasteiger partial charge is 0.340 e. The summed E-state index contributed by atoms with van der Waals surface area (Å²) in [5.41, 5.74) is -0.976. The first kappa shape index (κ1) is 19.4. The molecule has 0 saturated heterocycles. The Labute approximate surface area is 124 Å². The molecule has 0 N–H and O–H groups in total. The van der Waals surface area contributed by atoms with Crippen LogP contribution in [0.2, 0.25) is 0 Å². The van der Waals surface area contributed by atoms with E-state index in [1.165, 1.54) is 0 Å². The maximum Gasteiger partial charge on any atom is 0.340 e. The first-order chi connectivity index (χ1) is 9.60. The third-order valence-electron chi connectivity index (χ3n) is 3.10. The number of ether oxygens (including phenoxy) is 3. The van der Waals surface area contributed by atoms with Gasteiger partial charge in [-0.05, 0) is 26.2 Å². The Bertz CT molecular complexity index is 243. The van der Waals surface area contributed by atoms with Crippen molar-refractivity contribution in [3.63, 3.8) is 0 Å². The summed E-state index contributed by atoms with van der Waals surface area (Å²) in [6, 6.07) is 0. The molecule has 0 saturated carbocycles. The van der Waals surface area contributed by atoms with Crippen LogP contribution in [0.3, 0.4) is 0 Å². The molecule has 0 spiro atoms. The highest BCUT2D eigenvalue weighted by atomic mass is 16.6. The molecule has 0 aromatic heterocycles. The molecule has 0 aromatic rings. The summed E-state index contributed by atoms with van der Waals surface area (Å²) in [5, 5.41) is 0. The molecular weight excluding hydrogens is 256 g/mol. The van der Waals surface area contributed by atoms with E-state index in [1.54, 1.807) is 6.92 Å². The van der Waals surface area contributed by atoms with Gasteiger partial charge in [0.15, 0.2) is 5.60 Å². The Kier molecular flexibility index (Phi) is 11.8. The van der Waals surface area contributed by atoms with E-state index in [4.69, 9.17) is 14.2 Å². The van der Waals surface area contributed by atoms with Gasteiger partial charge in [0.1, 0.15) is 0 Å². The van der Waals surface area contributed by atoms with Crippen molar-refractivity contribution in [2.75, 3.05) is 26.4 Å². The molecular formula is C16H32O4. The van der Waals surface area contributed by atoms with Crippen LogP contribution in [0.25, 0.3) is 0 Å². The lowest BCUT2D eigenvalue weighted by Crippen LogP contribution is -2.45. The number of hydrogen-bond acceptors (Lipinski definition) is 4. The first-order valence-electron chi connectivity index (χ1n) is 7.99. The molecule has 0 bridgehead atoms. The van der Waals surface area contributed by atoms with E-state index in [0.29, 0.717) is 19.8 Å². The highest BCUT2D eigenvalue weighted by molar-refractivity contribution is 5.79. The van der Waals surface area contributed by atoms with Crippen LogP contribution in [0.1, 0.15) is 66.2 Å². The zero-order chi connectivity index (χ0) is 15.3. The number of carbonyl (C=O) groups excluding carboxylic acids is 1. The number of unbranched alkanes of at least 4 members (excludes halogenated alkanes) is 3.